The average Bonchev–Trinajstić information content (AvgIpc) is 2.28. The summed E-state index contributed by atoms with van der Waals surface area (Å²) in [6.07, 6.45) is 6.10. The molecule has 1 aliphatic rings. The van der Waals surface area contributed by atoms with Crippen molar-refractivity contribution in [2.45, 2.75) is 25.0 Å². The fraction of sp³-hybridized carbons (Fsp3) is 0.727. The largest absolute Gasteiger partial charge is 0.382 e. The number of nitrogens with one attached hydrogen (secondary N) is 1. The minimum Gasteiger partial charge on any atom is -0.382 e. The van der Waals surface area contributed by atoms with Gasteiger partial charge < -0.3 is 16.2 Å². The van der Waals surface area contributed by atoms with Gasteiger partial charge in [-0.05, 0) is 12.8 Å². The van der Waals surface area contributed by atoms with Crippen molar-refractivity contribution in [1.29, 1.82) is 0 Å². The number of amides is 1. The number of rotatable bonds is 5. The third kappa shape index (κ3) is 4.19. The Morgan fingerprint density at radius 1 is 1.62 bits per heavy atom. The number of aliphatic hydroxyl groups is 1. The minimum atomic E-state index is -1.09. The van der Waals surface area contributed by atoms with Crippen LogP contribution >= 0.6 is 0 Å². The van der Waals surface area contributed by atoms with E-state index in [0.717, 1.165) is 25.9 Å². The number of nitrogens with two attached hydrogens (primary N) is 1. The Kier molecular flexibility index (Phi) is 5.26. The van der Waals surface area contributed by atoms with Crippen LogP contribution in [0.25, 0.3) is 0 Å². The summed E-state index contributed by atoms with van der Waals surface area (Å²) >= 11 is 0. The fourth-order valence-electron chi connectivity index (χ4n) is 1.80. The molecule has 1 fully saturated rings. The summed E-state index contributed by atoms with van der Waals surface area (Å²) in [6, 6.07) is 0.336. The molecule has 0 aromatic heterocycles. The Hall–Kier alpha value is -1.09. The van der Waals surface area contributed by atoms with Gasteiger partial charge in [0, 0.05) is 25.7 Å². The summed E-state index contributed by atoms with van der Waals surface area (Å²) in [5.74, 6) is 1.94. The van der Waals surface area contributed by atoms with E-state index in [1.165, 1.54) is 0 Å². The van der Waals surface area contributed by atoms with Gasteiger partial charge in [0.1, 0.15) is 6.10 Å². The lowest BCUT2D eigenvalue weighted by molar-refractivity contribution is -0.125. The van der Waals surface area contributed by atoms with E-state index < -0.39 is 12.0 Å². The number of hydrogen-bond acceptors (Lipinski definition) is 4. The monoisotopic (exact) mass is 225 g/mol. The summed E-state index contributed by atoms with van der Waals surface area (Å²) in [5, 5.41) is 12.4. The highest BCUT2D eigenvalue weighted by Crippen LogP contribution is 2.09. The lowest BCUT2D eigenvalue weighted by Crippen LogP contribution is -2.46. The molecule has 1 heterocycles. The van der Waals surface area contributed by atoms with Crippen molar-refractivity contribution in [3.8, 4) is 12.3 Å². The van der Waals surface area contributed by atoms with Gasteiger partial charge in [-0.1, -0.05) is 5.92 Å². The summed E-state index contributed by atoms with van der Waals surface area (Å²) in [4.78, 5) is 12.8. The summed E-state index contributed by atoms with van der Waals surface area (Å²) in [5.41, 5.74) is 4.95. The van der Waals surface area contributed by atoms with E-state index in [1.54, 1.807) is 0 Å². The van der Waals surface area contributed by atoms with Crippen molar-refractivity contribution >= 4 is 5.91 Å². The van der Waals surface area contributed by atoms with Gasteiger partial charge >= 0.3 is 0 Å². The smallest absolute Gasteiger partial charge is 0.247 e. The molecular formula is C11H19N3O2. The van der Waals surface area contributed by atoms with Crippen LogP contribution in [-0.2, 0) is 4.79 Å². The number of aliphatic hydroxyl groups excluding tert-OH is 1. The van der Waals surface area contributed by atoms with Gasteiger partial charge in [-0.25, -0.2) is 0 Å². The van der Waals surface area contributed by atoms with Crippen molar-refractivity contribution < 1.29 is 9.90 Å². The summed E-state index contributed by atoms with van der Waals surface area (Å²) < 4.78 is 0. The fourth-order valence-corrected chi connectivity index (χ4v) is 1.80. The van der Waals surface area contributed by atoms with Crippen molar-refractivity contribution in [2.24, 2.45) is 5.73 Å². The third-order valence-corrected chi connectivity index (χ3v) is 2.83. The van der Waals surface area contributed by atoms with Crippen LogP contribution in [0.1, 0.15) is 12.8 Å². The number of primary amides is 1. The molecule has 1 atom stereocenters. The van der Waals surface area contributed by atoms with E-state index in [1.807, 2.05) is 0 Å². The Labute approximate surface area is 96.0 Å². The molecule has 5 heteroatoms. The van der Waals surface area contributed by atoms with Gasteiger partial charge in [-0.3, -0.25) is 9.69 Å². The normalized spacial score (nSPS) is 20.2. The van der Waals surface area contributed by atoms with E-state index >= 15 is 0 Å². The standard InChI is InChI=1S/C11H19N3O2/c1-2-5-14-6-3-9(4-7-14)13-8-10(15)11(12)16/h1,9-10,13,15H,3-8H2,(H2,12,16). The molecule has 0 aromatic rings. The van der Waals surface area contributed by atoms with Crippen molar-refractivity contribution in [1.82, 2.24) is 10.2 Å². The molecule has 4 N–H and O–H groups in total. The molecule has 1 amide bonds. The molecule has 1 rings (SSSR count). The molecule has 0 saturated carbocycles. The van der Waals surface area contributed by atoms with Crippen molar-refractivity contribution in [3.63, 3.8) is 0 Å². The maximum absolute atomic E-state index is 10.6. The van der Waals surface area contributed by atoms with Crippen molar-refractivity contribution in [2.75, 3.05) is 26.2 Å². The third-order valence-electron chi connectivity index (χ3n) is 2.83. The predicted molar refractivity (Wildman–Crippen MR) is 61.5 cm³/mol. The molecule has 16 heavy (non-hydrogen) atoms. The first-order chi connectivity index (χ1) is 7.63. The van der Waals surface area contributed by atoms with Crippen LogP contribution in [-0.4, -0.2) is 54.2 Å². The van der Waals surface area contributed by atoms with Crippen LogP contribution in [0, 0.1) is 12.3 Å². The number of carbonyl (C=O) groups is 1. The lowest BCUT2D eigenvalue weighted by atomic mass is 10.0. The topological polar surface area (TPSA) is 78.6 Å². The molecule has 1 unspecified atom stereocenters. The highest BCUT2D eigenvalue weighted by molar-refractivity contribution is 5.78. The first-order valence-electron chi connectivity index (χ1n) is 5.50. The molecule has 1 aliphatic heterocycles. The summed E-state index contributed by atoms with van der Waals surface area (Å²) in [7, 11) is 0. The lowest BCUT2D eigenvalue weighted by Gasteiger charge is -2.31. The first kappa shape index (κ1) is 13.0. The van der Waals surface area contributed by atoms with E-state index in [9.17, 15) is 9.90 Å². The number of nitrogens with zero attached hydrogens (tertiary/aromatic N) is 1. The number of carbonyl (C=O) groups excluding carboxylic acids is 1. The van der Waals surface area contributed by atoms with Gasteiger partial charge in [-0.15, -0.1) is 6.42 Å². The SMILES string of the molecule is C#CCN1CCC(NCC(O)C(N)=O)CC1. The zero-order chi connectivity index (χ0) is 12.0. The second kappa shape index (κ2) is 6.48. The molecule has 0 radical (unpaired) electrons. The number of likely N-dealkylation sites (tertiary alicyclic amines) is 1. The van der Waals surface area contributed by atoms with Gasteiger partial charge in [0.2, 0.25) is 5.91 Å². The van der Waals surface area contributed by atoms with Gasteiger partial charge in [-0.2, -0.15) is 0 Å². The Balaban J connectivity index is 2.17. The van der Waals surface area contributed by atoms with E-state index in [2.05, 4.69) is 16.1 Å². The van der Waals surface area contributed by atoms with Crippen LogP contribution in [0.3, 0.4) is 0 Å². The molecule has 5 nitrogen and oxygen atoms in total. The zero-order valence-corrected chi connectivity index (χ0v) is 9.35. The first-order valence-corrected chi connectivity index (χ1v) is 5.50. The average molecular weight is 225 g/mol. The Morgan fingerprint density at radius 3 is 2.75 bits per heavy atom. The molecular weight excluding hydrogens is 206 g/mol. The quantitative estimate of drug-likeness (QED) is 0.499. The Morgan fingerprint density at radius 2 is 2.25 bits per heavy atom. The van der Waals surface area contributed by atoms with Crippen LogP contribution in [0.5, 0.6) is 0 Å². The molecule has 0 spiro atoms. The maximum Gasteiger partial charge on any atom is 0.247 e. The number of terminal acetylenes is 1. The van der Waals surface area contributed by atoms with E-state index in [4.69, 9.17) is 12.2 Å². The van der Waals surface area contributed by atoms with Crippen LogP contribution < -0.4 is 11.1 Å². The number of piperidine rings is 1. The Bertz CT molecular complexity index is 267. The molecule has 90 valence electrons. The van der Waals surface area contributed by atoms with Gasteiger partial charge in [0.25, 0.3) is 0 Å². The van der Waals surface area contributed by atoms with Crippen LogP contribution in [0.15, 0.2) is 0 Å². The molecule has 0 bridgehead atoms. The second-order valence-corrected chi connectivity index (χ2v) is 4.08. The summed E-state index contributed by atoms with van der Waals surface area (Å²) in [6.45, 7) is 2.83. The van der Waals surface area contributed by atoms with Crippen LogP contribution in [0.4, 0.5) is 0 Å². The zero-order valence-electron chi connectivity index (χ0n) is 9.35. The van der Waals surface area contributed by atoms with Crippen LogP contribution in [0.2, 0.25) is 0 Å². The molecule has 0 aliphatic carbocycles. The predicted octanol–water partition coefficient (Wildman–Crippen LogP) is -1.48. The maximum atomic E-state index is 10.6. The minimum absolute atomic E-state index is 0.231. The molecule has 0 aromatic carbocycles. The second-order valence-electron chi connectivity index (χ2n) is 4.08. The van der Waals surface area contributed by atoms with E-state index in [0.29, 0.717) is 12.6 Å². The van der Waals surface area contributed by atoms with Gasteiger partial charge in [0.15, 0.2) is 0 Å². The molecule has 1 saturated heterocycles. The van der Waals surface area contributed by atoms with Crippen molar-refractivity contribution in [3.05, 3.63) is 0 Å². The highest BCUT2D eigenvalue weighted by Gasteiger charge is 2.19. The highest BCUT2D eigenvalue weighted by atomic mass is 16.3. The van der Waals surface area contributed by atoms with Gasteiger partial charge in [0.05, 0.1) is 6.54 Å². The van der Waals surface area contributed by atoms with E-state index in [-0.39, 0.29) is 6.54 Å². The number of hydrogen-bond donors (Lipinski definition) is 3.